The van der Waals surface area contributed by atoms with Crippen LogP contribution in [0.4, 0.5) is 15.9 Å². The van der Waals surface area contributed by atoms with Crippen LogP contribution in [0, 0.1) is 5.82 Å². The zero-order chi connectivity index (χ0) is 20.9. The number of hydrogen-bond acceptors (Lipinski definition) is 5. The first kappa shape index (κ1) is 19.2. The van der Waals surface area contributed by atoms with Crippen LogP contribution in [0.2, 0.25) is 0 Å². The molecule has 1 saturated heterocycles. The molecule has 154 valence electrons. The van der Waals surface area contributed by atoms with Crippen molar-refractivity contribution >= 4 is 40.3 Å². The smallest absolute Gasteiger partial charge is 0.260 e. The number of ether oxygens (including phenoxy) is 1. The highest BCUT2D eigenvalue weighted by Gasteiger charge is 2.38. The van der Waals surface area contributed by atoms with Gasteiger partial charge in [0.05, 0.1) is 11.3 Å². The first-order chi connectivity index (χ1) is 14.4. The van der Waals surface area contributed by atoms with Crippen molar-refractivity contribution in [2.75, 3.05) is 34.8 Å². The van der Waals surface area contributed by atoms with Crippen molar-refractivity contribution < 1.29 is 13.9 Å². The van der Waals surface area contributed by atoms with E-state index >= 15 is 0 Å². The summed E-state index contributed by atoms with van der Waals surface area (Å²) in [5.74, 6) is 3.06. The molecule has 1 amide bonds. The predicted molar refractivity (Wildman–Crippen MR) is 119 cm³/mol. The fourth-order valence-corrected chi connectivity index (χ4v) is 5.04. The molecule has 1 N–H and O–H groups in total. The van der Waals surface area contributed by atoms with Crippen LogP contribution in [0.1, 0.15) is 25.0 Å². The van der Waals surface area contributed by atoms with Gasteiger partial charge in [-0.1, -0.05) is 0 Å². The molecule has 1 aromatic heterocycles. The molecular weight excluding hydrogens is 401 g/mol. The zero-order valence-electron chi connectivity index (χ0n) is 16.9. The highest BCUT2D eigenvalue weighted by Crippen LogP contribution is 2.44. The number of carbonyl (C=O) groups excluding carboxylic acids is 1. The van der Waals surface area contributed by atoms with Crippen LogP contribution in [0.3, 0.4) is 0 Å². The van der Waals surface area contributed by atoms with Gasteiger partial charge in [0.25, 0.3) is 5.91 Å². The summed E-state index contributed by atoms with van der Waals surface area (Å²) >= 11 is 1.97. The molecular formula is C23H22FN3O2S. The molecule has 0 atom stereocenters. The van der Waals surface area contributed by atoms with Gasteiger partial charge in [-0.05, 0) is 50.3 Å². The van der Waals surface area contributed by atoms with Crippen LogP contribution >= 0.6 is 11.8 Å². The van der Waals surface area contributed by atoms with E-state index in [9.17, 15) is 9.18 Å². The van der Waals surface area contributed by atoms with E-state index in [1.54, 1.807) is 6.07 Å². The standard InChI is InChI=1S/C23H22FN3O2S/c1-23(2)17(14-3-6-20(25-13-14)27-7-9-30-10-8-27)12-19(29-23)21-16-5-4-15(24)11-18(16)26-22(21)28/h3-6,11-13H,7-10H2,1-2H3,(H,26,28). The number of aromatic nitrogens is 1. The Bertz CT molecular complexity index is 1090. The Labute approximate surface area is 179 Å². The number of benzene rings is 1. The first-order valence-corrected chi connectivity index (χ1v) is 11.1. The lowest BCUT2D eigenvalue weighted by atomic mass is 9.93. The summed E-state index contributed by atoms with van der Waals surface area (Å²) in [5.41, 5.74) is 2.86. The number of pyridine rings is 1. The van der Waals surface area contributed by atoms with Gasteiger partial charge < -0.3 is 15.0 Å². The van der Waals surface area contributed by atoms with Gasteiger partial charge in [-0.3, -0.25) is 4.79 Å². The molecule has 0 aliphatic carbocycles. The molecule has 2 aromatic rings. The van der Waals surface area contributed by atoms with E-state index in [2.05, 4.69) is 21.3 Å². The largest absolute Gasteiger partial charge is 0.482 e. The van der Waals surface area contributed by atoms with Crippen LogP contribution < -0.4 is 10.2 Å². The molecule has 0 saturated carbocycles. The molecule has 1 fully saturated rings. The van der Waals surface area contributed by atoms with Crippen LogP contribution in [0.5, 0.6) is 0 Å². The minimum atomic E-state index is -0.615. The number of nitrogens with zero attached hydrogens (tertiary/aromatic N) is 2. The van der Waals surface area contributed by atoms with E-state index in [1.807, 2.05) is 43.9 Å². The molecule has 7 heteroatoms. The maximum atomic E-state index is 13.5. The van der Waals surface area contributed by atoms with E-state index in [0.717, 1.165) is 41.5 Å². The van der Waals surface area contributed by atoms with Gasteiger partial charge in [0, 0.05) is 47.5 Å². The van der Waals surface area contributed by atoms with Crippen molar-refractivity contribution in [3.8, 4) is 0 Å². The molecule has 1 aromatic carbocycles. The van der Waals surface area contributed by atoms with Gasteiger partial charge in [-0.15, -0.1) is 0 Å². The van der Waals surface area contributed by atoms with Crippen LogP contribution in [-0.2, 0) is 9.53 Å². The number of hydrogen-bond donors (Lipinski definition) is 1. The summed E-state index contributed by atoms with van der Waals surface area (Å²) in [6.45, 7) is 5.97. The zero-order valence-corrected chi connectivity index (χ0v) is 17.7. The average molecular weight is 424 g/mol. The van der Waals surface area contributed by atoms with Gasteiger partial charge >= 0.3 is 0 Å². The third kappa shape index (κ3) is 3.27. The summed E-state index contributed by atoms with van der Waals surface area (Å²) in [5, 5.41) is 2.73. The fourth-order valence-electron chi connectivity index (χ4n) is 4.13. The second kappa shape index (κ2) is 7.16. The number of anilines is 2. The number of halogens is 1. The molecule has 0 radical (unpaired) electrons. The molecule has 5 nitrogen and oxygen atoms in total. The minimum absolute atomic E-state index is 0.282. The summed E-state index contributed by atoms with van der Waals surface area (Å²) in [6.07, 6.45) is 3.78. The van der Waals surface area contributed by atoms with Gasteiger partial charge in [-0.25, -0.2) is 9.37 Å². The molecule has 3 aliphatic rings. The number of nitrogens with one attached hydrogen (secondary N) is 1. The van der Waals surface area contributed by atoms with Crippen molar-refractivity contribution in [3.63, 3.8) is 0 Å². The van der Waals surface area contributed by atoms with Crippen molar-refractivity contribution in [3.05, 3.63) is 65.3 Å². The van der Waals surface area contributed by atoms with E-state index < -0.39 is 5.60 Å². The molecule has 0 bridgehead atoms. The second-order valence-electron chi connectivity index (χ2n) is 8.06. The van der Waals surface area contributed by atoms with Gasteiger partial charge in [-0.2, -0.15) is 11.8 Å². The van der Waals surface area contributed by atoms with Crippen LogP contribution in [0.15, 0.2) is 48.4 Å². The number of amides is 1. The van der Waals surface area contributed by atoms with Gasteiger partial charge in [0.2, 0.25) is 0 Å². The van der Waals surface area contributed by atoms with E-state index in [1.165, 1.54) is 12.1 Å². The number of rotatable bonds is 2. The number of carbonyl (C=O) groups is 1. The van der Waals surface area contributed by atoms with E-state index in [0.29, 0.717) is 22.6 Å². The Balaban J connectivity index is 1.51. The predicted octanol–water partition coefficient (Wildman–Crippen LogP) is 4.33. The summed E-state index contributed by atoms with van der Waals surface area (Å²) in [6, 6.07) is 8.40. The monoisotopic (exact) mass is 423 g/mol. The Morgan fingerprint density at radius 3 is 2.73 bits per heavy atom. The molecule has 5 rings (SSSR count). The summed E-state index contributed by atoms with van der Waals surface area (Å²) < 4.78 is 19.7. The molecule has 30 heavy (non-hydrogen) atoms. The van der Waals surface area contributed by atoms with E-state index in [-0.39, 0.29) is 11.7 Å². The van der Waals surface area contributed by atoms with Crippen LogP contribution in [-0.4, -0.2) is 41.1 Å². The van der Waals surface area contributed by atoms with Crippen molar-refractivity contribution in [1.29, 1.82) is 0 Å². The lowest BCUT2D eigenvalue weighted by Crippen LogP contribution is -2.33. The first-order valence-electron chi connectivity index (χ1n) is 9.98. The van der Waals surface area contributed by atoms with Crippen molar-refractivity contribution in [1.82, 2.24) is 4.98 Å². The van der Waals surface area contributed by atoms with Crippen molar-refractivity contribution in [2.45, 2.75) is 19.4 Å². The highest BCUT2D eigenvalue weighted by atomic mass is 32.2. The Morgan fingerprint density at radius 1 is 1.20 bits per heavy atom. The normalized spacial score (nSPS) is 22.4. The molecule has 3 aliphatic heterocycles. The maximum Gasteiger partial charge on any atom is 0.260 e. The SMILES string of the molecule is CC1(C)OC(=C2C(=O)Nc3cc(F)ccc32)C=C1c1ccc(N2CCSCC2)nc1. The fraction of sp³-hybridized carbons (Fsp3) is 0.304. The quantitative estimate of drug-likeness (QED) is 0.729. The van der Waals surface area contributed by atoms with Crippen LogP contribution in [0.25, 0.3) is 11.1 Å². The molecule has 4 heterocycles. The Hall–Kier alpha value is -2.80. The topological polar surface area (TPSA) is 54.5 Å². The number of allylic oxidation sites excluding steroid dienone is 1. The summed E-state index contributed by atoms with van der Waals surface area (Å²) in [4.78, 5) is 19.6. The number of fused-ring (bicyclic) bond motifs is 1. The Morgan fingerprint density at radius 2 is 2.00 bits per heavy atom. The number of thioether (sulfide) groups is 1. The third-order valence-electron chi connectivity index (χ3n) is 5.66. The second-order valence-corrected chi connectivity index (χ2v) is 9.28. The van der Waals surface area contributed by atoms with Gasteiger partial charge in [0.1, 0.15) is 23.0 Å². The Kier molecular flexibility index (Phi) is 4.58. The molecule has 0 unspecified atom stereocenters. The lowest BCUT2D eigenvalue weighted by Gasteiger charge is -2.28. The third-order valence-corrected chi connectivity index (χ3v) is 6.60. The molecule has 0 spiro atoms. The van der Waals surface area contributed by atoms with Gasteiger partial charge in [0.15, 0.2) is 0 Å². The maximum absolute atomic E-state index is 13.5. The highest BCUT2D eigenvalue weighted by molar-refractivity contribution is 7.99. The average Bonchev–Trinajstić information content (AvgIpc) is 3.23. The summed E-state index contributed by atoms with van der Waals surface area (Å²) in [7, 11) is 0. The lowest BCUT2D eigenvalue weighted by molar-refractivity contribution is -0.111. The minimum Gasteiger partial charge on any atom is -0.482 e. The van der Waals surface area contributed by atoms with E-state index in [4.69, 9.17) is 4.74 Å². The van der Waals surface area contributed by atoms with Crippen molar-refractivity contribution in [2.24, 2.45) is 0 Å².